The van der Waals surface area contributed by atoms with E-state index in [0.29, 0.717) is 18.2 Å². The van der Waals surface area contributed by atoms with Crippen molar-refractivity contribution in [3.63, 3.8) is 0 Å². The van der Waals surface area contributed by atoms with Gasteiger partial charge in [-0.3, -0.25) is 9.47 Å². The van der Waals surface area contributed by atoms with E-state index in [4.69, 9.17) is 24.2 Å². The highest BCUT2D eigenvalue weighted by Crippen LogP contribution is 2.44. The number of carbonyl (C=O) groups excluding carboxylic acids is 1. The van der Waals surface area contributed by atoms with Crippen LogP contribution in [0.4, 0.5) is 0 Å². The highest BCUT2D eigenvalue weighted by Gasteiger charge is 2.39. The summed E-state index contributed by atoms with van der Waals surface area (Å²) in [6, 6.07) is 12.4. The molecule has 224 valence electrons. The fourth-order valence-corrected chi connectivity index (χ4v) is 6.63. The number of rotatable bonds is 12. The molecule has 1 saturated heterocycles. The minimum Gasteiger partial charge on any atom is -0.462 e. The summed E-state index contributed by atoms with van der Waals surface area (Å²) < 4.78 is 18.2. The summed E-state index contributed by atoms with van der Waals surface area (Å²) in [6.07, 6.45) is 8.65. The first-order valence-electron chi connectivity index (χ1n) is 14.5. The van der Waals surface area contributed by atoms with Crippen LogP contribution in [0.25, 0.3) is 5.95 Å². The van der Waals surface area contributed by atoms with Gasteiger partial charge in [0.25, 0.3) is 0 Å². The molecule has 1 fully saturated rings. The van der Waals surface area contributed by atoms with E-state index >= 15 is 0 Å². The molecular weight excluding hydrogens is 566 g/mol. The average Bonchev–Trinajstić information content (AvgIpc) is 3.84. The molecule has 2 aliphatic heterocycles. The molecule has 11 nitrogen and oxygen atoms in total. The number of nitrogens with zero attached hydrogens (tertiary/aromatic N) is 6. The van der Waals surface area contributed by atoms with Crippen molar-refractivity contribution in [2.75, 3.05) is 33.0 Å². The highest BCUT2D eigenvalue weighted by molar-refractivity contribution is 7.09. The van der Waals surface area contributed by atoms with Crippen LogP contribution in [0.15, 0.2) is 72.5 Å². The van der Waals surface area contributed by atoms with Crippen molar-refractivity contribution in [3.05, 3.63) is 100 Å². The van der Waals surface area contributed by atoms with Gasteiger partial charge >= 0.3 is 5.97 Å². The van der Waals surface area contributed by atoms with E-state index in [1.165, 1.54) is 16.9 Å². The average molecular weight is 602 g/mol. The molecule has 12 heteroatoms. The van der Waals surface area contributed by atoms with Crippen molar-refractivity contribution in [3.8, 4) is 5.95 Å². The van der Waals surface area contributed by atoms with Gasteiger partial charge in [0.1, 0.15) is 12.6 Å². The van der Waals surface area contributed by atoms with Crippen molar-refractivity contribution < 1.29 is 19.0 Å². The Labute approximate surface area is 254 Å². The number of aryl methyl sites for hydroxylation is 1. The summed E-state index contributed by atoms with van der Waals surface area (Å²) in [5.41, 5.74) is 3.37. The minimum absolute atomic E-state index is 0.0120. The van der Waals surface area contributed by atoms with Gasteiger partial charge in [0.15, 0.2) is 11.5 Å². The summed E-state index contributed by atoms with van der Waals surface area (Å²) in [5.74, 6) is 1.06. The quantitative estimate of drug-likeness (QED) is 0.237. The van der Waals surface area contributed by atoms with Crippen molar-refractivity contribution in [1.29, 1.82) is 0 Å². The fraction of sp³-hybridized carbons (Fsp3) is 0.387. The molecule has 3 atom stereocenters. The summed E-state index contributed by atoms with van der Waals surface area (Å²) in [6.45, 7) is 6.70. The third kappa shape index (κ3) is 6.76. The molecule has 43 heavy (non-hydrogen) atoms. The molecule has 0 saturated carbocycles. The molecule has 3 aromatic heterocycles. The second-order valence-corrected chi connectivity index (χ2v) is 11.4. The lowest BCUT2D eigenvalue weighted by molar-refractivity contribution is 0.0520. The van der Waals surface area contributed by atoms with Crippen LogP contribution < -0.4 is 5.32 Å². The van der Waals surface area contributed by atoms with E-state index in [0.717, 1.165) is 54.6 Å². The molecule has 2 aliphatic rings. The second-order valence-electron chi connectivity index (χ2n) is 10.5. The molecule has 3 unspecified atom stereocenters. The SMILES string of the molecule is CCOC(=O)c1csc(C2CCN(CCNC(Cc3ccccc3)C3=COCO3)C2c2cc(C)nc(-n3ccnc3)n2)n1. The number of carbonyl (C=O) groups is 1. The van der Waals surface area contributed by atoms with E-state index in [1.807, 2.05) is 23.8 Å². The summed E-state index contributed by atoms with van der Waals surface area (Å²) in [7, 11) is 0. The number of ether oxygens (including phenoxy) is 3. The zero-order valence-corrected chi connectivity index (χ0v) is 25.1. The Morgan fingerprint density at radius 3 is 2.88 bits per heavy atom. The summed E-state index contributed by atoms with van der Waals surface area (Å²) in [5, 5.41) is 6.41. The maximum absolute atomic E-state index is 12.4. The van der Waals surface area contributed by atoms with E-state index in [9.17, 15) is 4.79 Å². The van der Waals surface area contributed by atoms with Gasteiger partial charge < -0.3 is 19.5 Å². The predicted octanol–water partition coefficient (Wildman–Crippen LogP) is 4.18. The Morgan fingerprint density at radius 2 is 2.12 bits per heavy atom. The Morgan fingerprint density at radius 1 is 1.23 bits per heavy atom. The lowest BCUT2D eigenvalue weighted by Crippen LogP contribution is -2.39. The maximum Gasteiger partial charge on any atom is 0.357 e. The number of esters is 1. The van der Waals surface area contributed by atoms with Gasteiger partial charge in [-0.15, -0.1) is 11.3 Å². The highest BCUT2D eigenvalue weighted by atomic mass is 32.1. The van der Waals surface area contributed by atoms with E-state index < -0.39 is 5.97 Å². The van der Waals surface area contributed by atoms with Gasteiger partial charge in [-0.2, -0.15) is 0 Å². The van der Waals surface area contributed by atoms with Crippen LogP contribution in [0.2, 0.25) is 0 Å². The Kier molecular flexibility index (Phi) is 9.06. The number of likely N-dealkylation sites (tertiary alicyclic amines) is 1. The lowest BCUT2D eigenvalue weighted by atomic mass is 9.97. The monoisotopic (exact) mass is 601 g/mol. The van der Waals surface area contributed by atoms with Crippen LogP contribution in [-0.4, -0.2) is 74.4 Å². The van der Waals surface area contributed by atoms with Crippen molar-refractivity contribution >= 4 is 17.3 Å². The zero-order valence-electron chi connectivity index (χ0n) is 24.3. The minimum atomic E-state index is -0.391. The topological polar surface area (TPSA) is 117 Å². The second kappa shape index (κ2) is 13.4. The largest absolute Gasteiger partial charge is 0.462 e. The molecule has 0 aliphatic carbocycles. The first kappa shape index (κ1) is 29.0. The molecule has 0 bridgehead atoms. The van der Waals surface area contributed by atoms with Crippen molar-refractivity contribution in [2.24, 2.45) is 0 Å². The predicted molar refractivity (Wildman–Crippen MR) is 161 cm³/mol. The molecule has 5 heterocycles. The van der Waals surface area contributed by atoms with E-state index in [-0.39, 0.29) is 24.8 Å². The Hall–Kier alpha value is -4.13. The molecule has 6 rings (SSSR count). The number of hydrogen-bond acceptors (Lipinski definition) is 11. The number of imidazole rings is 1. The maximum atomic E-state index is 12.4. The first-order chi connectivity index (χ1) is 21.1. The van der Waals surface area contributed by atoms with Gasteiger partial charge in [0, 0.05) is 42.5 Å². The smallest absolute Gasteiger partial charge is 0.357 e. The summed E-state index contributed by atoms with van der Waals surface area (Å²) >= 11 is 1.50. The number of benzene rings is 1. The third-order valence-electron chi connectivity index (χ3n) is 7.64. The Bertz CT molecular complexity index is 1540. The van der Waals surface area contributed by atoms with E-state index in [2.05, 4.69) is 50.5 Å². The number of thiazole rings is 1. The number of hydrogen-bond donors (Lipinski definition) is 1. The van der Waals surface area contributed by atoms with Crippen molar-refractivity contribution in [1.82, 2.24) is 34.7 Å². The van der Waals surface area contributed by atoms with Gasteiger partial charge in [-0.25, -0.2) is 24.7 Å². The van der Waals surface area contributed by atoms with E-state index in [1.54, 1.807) is 31.1 Å². The van der Waals surface area contributed by atoms with Gasteiger partial charge in [0.05, 0.1) is 29.4 Å². The Balaban J connectivity index is 1.24. The molecule has 0 radical (unpaired) electrons. The van der Waals surface area contributed by atoms with Crippen LogP contribution in [0.1, 0.15) is 57.8 Å². The zero-order chi connectivity index (χ0) is 29.6. The van der Waals surface area contributed by atoms with Crippen molar-refractivity contribution in [2.45, 2.75) is 44.7 Å². The van der Waals surface area contributed by atoms with Crippen LogP contribution in [0, 0.1) is 6.92 Å². The third-order valence-corrected chi connectivity index (χ3v) is 8.61. The standard InChI is InChI=1S/C31H35N7O4S/c1-3-41-30(39)26-18-43-29(35-26)23-9-12-37(28(23)25-15-21(2)34-31(36-25)38-13-10-32-19-38)14-11-33-24(27-17-40-20-42-27)16-22-7-5-4-6-8-22/h4-8,10,13,15,17-19,23-24,28,33H,3,9,11-12,14,16,20H2,1-2H3. The molecule has 4 aromatic rings. The number of nitrogens with one attached hydrogen (secondary N) is 1. The van der Waals surface area contributed by atoms with Crippen LogP contribution in [0.3, 0.4) is 0 Å². The fourth-order valence-electron chi connectivity index (χ4n) is 5.68. The summed E-state index contributed by atoms with van der Waals surface area (Å²) in [4.78, 5) is 33.4. The molecular formula is C31H35N7O4S. The number of aromatic nitrogens is 5. The van der Waals surface area contributed by atoms with Crippen LogP contribution >= 0.6 is 11.3 Å². The van der Waals surface area contributed by atoms with Gasteiger partial charge in [0.2, 0.25) is 12.7 Å². The van der Waals surface area contributed by atoms with Gasteiger partial charge in [-0.1, -0.05) is 30.3 Å². The first-order valence-corrected chi connectivity index (χ1v) is 15.4. The molecule has 0 spiro atoms. The molecule has 0 amide bonds. The lowest BCUT2D eigenvalue weighted by Gasteiger charge is -2.28. The van der Waals surface area contributed by atoms with Gasteiger partial charge in [-0.05, 0) is 44.9 Å². The van der Waals surface area contributed by atoms with Crippen LogP contribution in [-0.2, 0) is 20.6 Å². The van der Waals surface area contributed by atoms with Crippen LogP contribution in [0.5, 0.6) is 0 Å². The normalized spacial score (nSPS) is 19.1. The molecule has 1 aromatic carbocycles. The molecule has 1 N–H and O–H groups in total.